The van der Waals surface area contributed by atoms with Crippen molar-refractivity contribution in [1.82, 2.24) is 25.6 Å². The first kappa shape index (κ1) is 20.5. The summed E-state index contributed by atoms with van der Waals surface area (Å²) in [5.74, 6) is -0.809. The zero-order valence-corrected chi connectivity index (χ0v) is 17.0. The zero-order chi connectivity index (χ0) is 21.8. The highest BCUT2D eigenvalue weighted by Gasteiger charge is 2.27. The second kappa shape index (κ2) is 8.91. The summed E-state index contributed by atoms with van der Waals surface area (Å²) in [5.41, 5.74) is 2.47. The molecule has 4 rings (SSSR count). The minimum absolute atomic E-state index is 0.164. The van der Waals surface area contributed by atoms with Crippen molar-refractivity contribution in [2.24, 2.45) is 0 Å². The van der Waals surface area contributed by atoms with Crippen molar-refractivity contribution in [3.8, 4) is 5.69 Å². The van der Waals surface area contributed by atoms with E-state index in [0.717, 1.165) is 12.8 Å². The maximum absolute atomic E-state index is 13.5. The van der Waals surface area contributed by atoms with Crippen LogP contribution in [0, 0.1) is 5.82 Å². The van der Waals surface area contributed by atoms with E-state index in [1.54, 1.807) is 48.6 Å². The molecular formula is C23H22FN5O2. The Labute approximate surface area is 179 Å². The third-order valence-electron chi connectivity index (χ3n) is 4.83. The Hall–Kier alpha value is -3.81. The van der Waals surface area contributed by atoms with Gasteiger partial charge in [0.15, 0.2) is 5.69 Å². The number of carbonyl (C=O) groups is 2. The van der Waals surface area contributed by atoms with Crippen molar-refractivity contribution in [3.05, 3.63) is 76.9 Å². The molecule has 31 heavy (non-hydrogen) atoms. The molecule has 0 spiro atoms. The Morgan fingerprint density at radius 2 is 1.90 bits per heavy atom. The van der Waals surface area contributed by atoms with E-state index in [-0.39, 0.29) is 29.4 Å². The van der Waals surface area contributed by atoms with Gasteiger partial charge in [-0.05, 0) is 67.8 Å². The third-order valence-corrected chi connectivity index (χ3v) is 4.83. The molecule has 1 aliphatic rings. The number of halogens is 1. The van der Waals surface area contributed by atoms with Crippen LogP contribution in [0.3, 0.4) is 0 Å². The fraction of sp³-hybridized carbons (Fsp3) is 0.217. The van der Waals surface area contributed by atoms with Gasteiger partial charge >= 0.3 is 0 Å². The van der Waals surface area contributed by atoms with Gasteiger partial charge in [-0.1, -0.05) is 23.4 Å². The summed E-state index contributed by atoms with van der Waals surface area (Å²) in [7, 11) is 0. The summed E-state index contributed by atoms with van der Waals surface area (Å²) >= 11 is 0. The van der Waals surface area contributed by atoms with Crippen LogP contribution in [0.1, 0.15) is 51.9 Å². The molecule has 2 N–H and O–H groups in total. The molecule has 8 heteroatoms. The first-order chi connectivity index (χ1) is 15.0. The van der Waals surface area contributed by atoms with Crippen molar-refractivity contribution in [1.29, 1.82) is 0 Å². The molecule has 158 valence electrons. The zero-order valence-electron chi connectivity index (χ0n) is 17.0. The SMILES string of the molecule is CCNC(=O)c1ccc(-n2nnc(C(=O)NC3CC3)c2C=Cc2cccc(F)c2)cc1. The van der Waals surface area contributed by atoms with Crippen LogP contribution >= 0.6 is 0 Å². The maximum Gasteiger partial charge on any atom is 0.274 e. The monoisotopic (exact) mass is 419 g/mol. The van der Waals surface area contributed by atoms with Gasteiger partial charge in [-0.3, -0.25) is 9.59 Å². The molecule has 0 radical (unpaired) electrons. The molecule has 0 saturated heterocycles. The summed E-state index contributed by atoms with van der Waals surface area (Å²) in [6, 6.07) is 13.2. The van der Waals surface area contributed by atoms with E-state index in [9.17, 15) is 14.0 Å². The quantitative estimate of drug-likeness (QED) is 0.615. The second-order valence-electron chi connectivity index (χ2n) is 7.28. The van der Waals surface area contributed by atoms with Crippen molar-refractivity contribution in [2.75, 3.05) is 6.54 Å². The number of hydrogen-bond donors (Lipinski definition) is 2. The minimum Gasteiger partial charge on any atom is -0.352 e. The predicted molar refractivity (Wildman–Crippen MR) is 115 cm³/mol. The van der Waals surface area contributed by atoms with Crippen molar-refractivity contribution in [2.45, 2.75) is 25.8 Å². The lowest BCUT2D eigenvalue weighted by Crippen LogP contribution is -2.26. The molecule has 1 saturated carbocycles. The Morgan fingerprint density at radius 1 is 1.13 bits per heavy atom. The van der Waals surface area contributed by atoms with Crippen LogP contribution in [0.25, 0.3) is 17.8 Å². The Bertz CT molecular complexity index is 1130. The Kier molecular flexibility index (Phi) is 5.88. The van der Waals surface area contributed by atoms with Crippen molar-refractivity contribution >= 4 is 24.0 Å². The average Bonchev–Trinajstić information content (AvgIpc) is 3.48. The largest absolute Gasteiger partial charge is 0.352 e. The lowest BCUT2D eigenvalue weighted by atomic mass is 10.1. The molecule has 0 aliphatic heterocycles. The van der Waals surface area contributed by atoms with Crippen LogP contribution in [-0.4, -0.2) is 39.4 Å². The van der Waals surface area contributed by atoms with Gasteiger partial charge in [0.1, 0.15) is 11.5 Å². The molecular weight excluding hydrogens is 397 g/mol. The number of benzene rings is 2. The van der Waals surface area contributed by atoms with Crippen LogP contribution in [0.5, 0.6) is 0 Å². The third kappa shape index (κ3) is 4.85. The molecule has 0 unspecified atom stereocenters. The van der Waals surface area contributed by atoms with E-state index in [2.05, 4.69) is 20.9 Å². The van der Waals surface area contributed by atoms with Crippen LogP contribution in [0.4, 0.5) is 4.39 Å². The number of carbonyl (C=O) groups excluding carboxylic acids is 2. The van der Waals surface area contributed by atoms with Gasteiger partial charge in [-0.25, -0.2) is 9.07 Å². The van der Waals surface area contributed by atoms with E-state index in [4.69, 9.17) is 0 Å². The molecule has 1 aliphatic carbocycles. The summed E-state index contributed by atoms with van der Waals surface area (Å²) in [5, 5.41) is 13.9. The minimum atomic E-state index is -0.346. The fourth-order valence-electron chi connectivity index (χ4n) is 3.07. The highest BCUT2D eigenvalue weighted by molar-refractivity contribution is 5.97. The standard InChI is InChI=1S/C23H22FN5O2/c1-2-25-22(30)16-7-11-19(12-8-16)29-20(13-6-15-4-3-5-17(24)14-15)21(27-28-29)23(31)26-18-9-10-18/h3-8,11-14,18H,2,9-10H2,1H3,(H,25,30)(H,26,31). The van der Waals surface area contributed by atoms with Crippen molar-refractivity contribution < 1.29 is 14.0 Å². The van der Waals surface area contributed by atoms with Gasteiger partial charge in [-0.15, -0.1) is 5.10 Å². The van der Waals surface area contributed by atoms with Crippen LogP contribution in [0.15, 0.2) is 48.5 Å². The van der Waals surface area contributed by atoms with E-state index in [0.29, 0.717) is 29.1 Å². The first-order valence-electron chi connectivity index (χ1n) is 10.1. The molecule has 0 atom stereocenters. The summed E-state index contributed by atoms with van der Waals surface area (Å²) < 4.78 is 15.1. The number of rotatable bonds is 7. The molecule has 1 aromatic heterocycles. The van der Waals surface area contributed by atoms with E-state index >= 15 is 0 Å². The fourth-order valence-corrected chi connectivity index (χ4v) is 3.07. The second-order valence-corrected chi connectivity index (χ2v) is 7.28. The number of hydrogen-bond acceptors (Lipinski definition) is 4. The first-order valence-corrected chi connectivity index (χ1v) is 10.1. The van der Waals surface area contributed by atoms with Gasteiger partial charge in [0.25, 0.3) is 11.8 Å². The van der Waals surface area contributed by atoms with E-state index < -0.39 is 0 Å². The van der Waals surface area contributed by atoms with Crippen LogP contribution < -0.4 is 10.6 Å². The molecule has 7 nitrogen and oxygen atoms in total. The summed E-state index contributed by atoms with van der Waals surface area (Å²) in [6.45, 7) is 2.39. The normalized spacial score (nSPS) is 13.4. The van der Waals surface area contributed by atoms with Gasteiger partial charge in [0.05, 0.1) is 5.69 Å². The number of aromatic nitrogens is 3. The molecule has 1 heterocycles. The summed E-state index contributed by atoms with van der Waals surface area (Å²) in [4.78, 5) is 24.7. The van der Waals surface area contributed by atoms with Crippen LogP contribution in [0.2, 0.25) is 0 Å². The lowest BCUT2D eigenvalue weighted by Gasteiger charge is -2.07. The molecule has 2 amide bonds. The van der Waals surface area contributed by atoms with Gasteiger partial charge in [0.2, 0.25) is 0 Å². The molecule has 1 fully saturated rings. The number of amides is 2. The van der Waals surface area contributed by atoms with Gasteiger partial charge < -0.3 is 10.6 Å². The number of nitrogens with zero attached hydrogens (tertiary/aromatic N) is 3. The number of nitrogens with one attached hydrogen (secondary N) is 2. The highest BCUT2D eigenvalue weighted by atomic mass is 19.1. The molecule has 0 bridgehead atoms. The molecule has 3 aromatic rings. The Balaban J connectivity index is 1.69. The average molecular weight is 419 g/mol. The highest BCUT2D eigenvalue weighted by Crippen LogP contribution is 2.21. The van der Waals surface area contributed by atoms with Gasteiger partial charge in [0, 0.05) is 18.2 Å². The Morgan fingerprint density at radius 3 is 2.58 bits per heavy atom. The predicted octanol–water partition coefficient (Wildman–Crippen LogP) is 3.22. The van der Waals surface area contributed by atoms with Crippen LogP contribution in [-0.2, 0) is 0 Å². The van der Waals surface area contributed by atoms with Crippen molar-refractivity contribution in [3.63, 3.8) is 0 Å². The topological polar surface area (TPSA) is 88.9 Å². The van der Waals surface area contributed by atoms with E-state index in [1.165, 1.54) is 16.8 Å². The van der Waals surface area contributed by atoms with E-state index in [1.807, 2.05) is 6.92 Å². The summed E-state index contributed by atoms with van der Waals surface area (Å²) in [6.07, 6.45) is 5.30. The lowest BCUT2D eigenvalue weighted by molar-refractivity contribution is 0.0941. The molecule has 2 aromatic carbocycles. The maximum atomic E-state index is 13.5. The van der Waals surface area contributed by atoms with Gasteiger partial charge in [-0.2, -0.15) is 0 Å². The smallest absolute Gasteiger partial charge is 0.274 e.